The Morgan fingerprint density at radius 2 is 2.11 bits per heavy atom. The smallest absolute Gasteiger partial charge is 0.226 e. The first-order chi connectivity index (χ1) is 13.1. The second-order valence-electron chi connectivity index (χ2n) is 6.66. The zero-order valence-corrected chi connectivity index (χ0v) is 15.5. The molecule has 0 saturated carbocycles. The molecular formula is C19H14Cl2N4O2. The van der Waals surface area contributed by atoms with Crippen molar-refractivity contribution in [1.29, 1.82) is 0 Å². The van der Waals surface area contributed by atoms with Gasteiger partial charge >= 0.3 is 0 Å². The molecule has 6 nitrogen and oxygen atoms in total. The number of benzene rings is 1. The summed E-state index contributed by atoms with van der Waals surface area (Å²) in [6.45, 7) is 0. The highest BCUT2D eigenvalue weighted by Gasteiger charge is 2.40. The van der Waals surface area contributed by atoms with Crippen LogP contribution < -0.4 is 5.32 Å². The van der Waals surface area contributed by atoms with Gasteiger partial charge in [-0.2, -0.15) is 10.1 Å². The third-order valence-corrected chi connectivity index (χ3v) is 5.63. The summed E-state index contributed by atoms with van der Waals surface area (Å²) in [4.78, 5) is 17.4. The number of anilines is 1. The molecule has 3 heterocycles. The van der Waals surface area contributed by atoms with Crippen LogP contribution in [0.1, 0.15) is 36.1 Å². The zero-order chi connectivity index (χ0) is 18.5. The van der Waals surface area contributed by atoms with Crippen LogP contribution in [0.2, 0.25) is 10.0 Å². The minimum absolute atomic E-state index is 0.00504. The molecule has 0 radical (unpaired) electrons. The molecule has 1 aliphatic heterocycles. The van der Waals surface area contributed by atoms with Crippen molar-refractivity contribution in [2.24, 2.45) is 0 Å². The van der Waals surface area contributed by atoms with Gasteiger partial charge in [0.1, 0.15) is 18.1 Å². The van der Waals surface area contributed by atoms with Crippen molar-refractivity contribution in [2.45, 2.75) is 24.8 Å². The van der Waals surface area contributed by atoms with Gasteiger partial charge in [-0.15, -0.1) is 0 Å². The number of carbonyl (C=O) groups excluding carboxylic acids is 1. The zero-order valence-electron chi connectivity index (χ0n) is 14.0. The van der Waals surface area contributed by atoms with Crippen LogP contribution in [0.25, 0.3) is 0 Å². The predicted octanol–water partition coefficient (Wildman–Crippen LogP) is 4.59. The van der Waals surface area contributed by atoms with Gasteiger partial charge in [0, 0.05) is 39.2 Å². The number of nitrogens with zero attached hydrogens (tertiary/aromatic N) is 3. The molecular weight excluding hydrogens is 387 g/mol. The molecule has 136 valence electrons. The van der Waals surface area contributed by atoms with Gasteiger partial charge in [0.15, 0.2) is 5.78 Å². The molecule has 2 aromatic heterocycles. The van der Waals surface area contributed by atoms with E-state index in [1.807, 2.05) is 18.2 Å². The lowest BCUT2D eigenvalue weighted by molar-refractivity contribution is -0.117. The fraction of sp³-hybridized carbons (Fsp3) is 0.211. The largest absolute Gasteiger partial charge is 0.469 e. The Labute approximate surface area is 164 Å². The average Bonchev–Trinajstić information content (AvgIpc) is 3.32. The number of ketones is 1. The molecule has 1 aromatic carbocycles. The number of halogens is 2. The number of allylic oxidation sites excluding steroid dienone is 2. The van der Waals surface area contributed by atoms with E-state index in [4.69, 9.17) is 27.6 Å². The van der Waals surface area contributed by atoms with Crippen LogP contribution in [-0.2, 0) is 4.79 Å². The van der Waals surface area contributed by atoms with Crippen molar-refractivity contribution in [3.05, 3.63) is 75.6 Å². The first kappa shape index (κ1) is 16.6. The van der Waals surface area contributed by atoms with Gasteiger partial charge in [-0.05, 0) is 30.7 Å². The topological polar surface area (TPSA) is 73.0 Å². The molecule has 5 rings (SSSR count). The van der Waals surface area contributed by atoms with E-state index in [9.17, 15) is 4.79 Å². The van der Waals surface area contributed by atoms with Gasteiger partial charge in [-0.1, -0.05) is 29.3 Å². The van der Waals surface area contributed by atoms with Gasteiger partial charge in [0.05, 0.1) is 6.26 Å². The van der Waals surface area contributed by atoms with Gasteiger partial charge in [-0.3, -0.25) is 4.79 Å². The first-order valence-corrected chi connectivity index (χ1v) is 9.28. The maximum atomic E-state index is 13.2. The summed E-state index contributed by atoms with van der Waals surface area (Å²) in [5.74, 6) is 1.43. The highest BCUT2D eigenvalue weighted by atomic mass is 35.5. The molecule has 1 aliphatic carbocycles. The van der Waals surface area contributed by atoms with E-state index in [0.29, 0.717) is 34.4 Å². The Morgan fingerprint density at radius 1 is 1.22 bits per heavy atom. The Kier molecular flexibility index (Phi) is 3.84. The molecule has 2 aliphatic rings. The molecule has 0 saturated heterocycles. The SMILES string of the molecule is O=C1C[C@H](c2ccco2)CC2=C1[C@H](c1ccc(Cl)cc1Cl)n1ncnc1N2. The van der Waals surface area contributed by atoms with Crippen molar-refractivity contribution < 1.29 is 9.21 Å². The lowest BCUT2D eigenvalue weighted by Crippen LogP contribution is -2.33. The second kappa shape index (κ2) is 6.25. The van der Waals surface area contributed by atoms with Crippen molar-refractivity contribution in [3.63, 3.8) is 0 Å². The number of hydrogen-bond acceptors (Lipinski definition) is 5. The van der Waals surface area contributed by atoms with E-state index in [2.05, 4.69) is 15.4 Å². The number of furan rings is 1. The molecule has 8 heteroatoms. The number of carbonyl (C=O) groups is 1. The lowest BCUT2D eigenvalue weighted by Gasteiger charge is -2.34. The summed E-state index contributed by atoms with van der Waals surface area (Å²) in [5, 5.41) is 8.62. The molecule has 1 N–H and O–H groups in total. The number of hydrogen-bond donors (Lipinski definition) is 1. The summed E-state index contributed by atoms with van der Waals surface area (Å²) in [5.41, 5.74) is 2.27. The second-order valence-corrected chi connectivity index (χ2v) is 7.50. The standard InChI is InChI=1S/C19H14Cl2N4O2/c20-11-3-4-12(13(21)8-11)18-17-14(24-19-22-9-23-25(18)19)6-10(7-15(17)26)16-2-1-5-27-16/h1-5,8-10,18H,6-7H2,(H,22,23,24)/t10-,18+/m1/s1. The van der Waals surface area contributed by atoms with Gasteiger partial charge < -0.3 is 9.73 Å². The first-order valence-electron chi connectivity index (χ1n) is 8.53. The van der Waals surface area contributed by atoms with Crippen LogP contribution in [-0.4, -0.2) is 20.5 Å². The van der Waals surface area contributed by atoms with Gasteiger partial charge in [0.25, 0.3) is 0 Å². The Balaban J connectivity index is 1.65. The molecule has 0 bridgehead atoms. The van der Waals surface area contributed by atoms with E-state index in [1.54, 1.807) is 23.1 Å². The van der Waals surface area contributed by atoms with Crippen LogP contribution >= 0.6 is 23.2 Å². The number of rotatable bonds is 2. The molecule has 0 amide bonds. The molecule has 27 heavy (non-hydrogen) atoms. The minimum atomic E-state index is -0.437. The van der Waals surface area contributed by atoms with Gasteiger partial charge in [-0.25, -0.2) is 4.68 Å². The van der Waals surface area contributed by atoms with Crippen molar-refractivity contribution in [3.8, 4) is 0 Å². The maximum absolute atomic E-state index is 13.2. The highest BCUT2D eigenvalue weighted by Crippen LogP contribution is 2.45. The number of nitrogens with one attached hydrogen (secondary N) is 1. The van der Waals surface area contributed by atoms with Gasteiger partial charge in [0.2, 0.25) is 5.95 Å². The van der Waals surface area contributed by atoms with Crippen LogP contribution in [0.15, 0.2) is 58.6 Å². The minimum Gasteiger partial charge on any atom is -0.469 e. The molecule has 3 aromatic rings. The van der Waals surface area contributed by atoms with E-state index in [0.717, 1.165) is 17.0 Å². The lowest BCUT2D eigenvalue weighted by atomic mass is 9.79. The van der Waals surface area contributed by atoms with Crippen LogP contribution in [0.3, 0.4) is 0 Å². The summed E-state index contributed by atoms with van der Waals surface area (Å²) >= 11 is 12.5. The third-order valence-electron chi connectivity index (χ3n) is 5.06. The highest BCUT2D eigenvalue weighted by molar-refractivity contribution is 6.35. The Bertz CT molecular complexity index is 1070. The number of fused-ring (bicyclic) bond motifs is 1. The molecule has 0 spiro atoms. The Hall–Kier alpha value is -2.57. The fourth-order valence-corrected chi connectivity index (χ4v) is 4.40. The molecule has 2 atom stereocenters. The van der Waals surface area contributed by atoms with Crippen LogP contribution in [0, 0.1) is 0 Å². The number of aromatic nitrogens is 3. The summed E-state index contributed by atoms with van der Waals surface area (Å²) in [6.07, 6.45) is 4.12. The predicted molar refractivity (Wildman–Crippen MR) is 101 cm³/mol. The molecule has 0 unspecified atom stereocenters. The average molecular weight is 401 g/mol. The quantitative estimate of drug-likeness (QED) is 0.680. The maximum Gasteiger partial charge on any atom is 0.226 e. The molecule has 0 fully saturated rings. The van der Waals surface area contributed by atoms with Crippen molar-refractivity contribution in [2.75, 3.05) is 5.32 Å². The van der Waals surface area contributed by atoms with Crippen LogP contribution in [0.4, 0.5) is 5.95 Å². The fourth-order valence-electron chi connectivity index (χ4n) is 3.89. The van der Waals surface area contributed by atoms with Crippen LogP contribution in [0.5, 0.6) is 0 Å². The van der Waals surface area contributed by atoms with Crippen molar-refractivity contribution >= 4 is 34.9 Å². The van der Waals surface area contributed by atoms with E-state index in [1.165, 1.54) is 6.33 Å². The monoisotopic (exact) mass is 400 g/mol. The van der Waals surface area contributed by atoms with E-state index >= 15 is 0 Å². The summed E-state index contributed by atoms with van der Waals surface area (Å²) in [7, 11) is 0. The summed E-state index contributed by atoms with van der Waals surface area (Å²) in [6, 6.07) is 8.58. The van der Waals surface area contributed by atoms with E-state index < -0.39 is 6.04 Å². The van der Waals surface area contributed by atoms with E-state index in [-0.39, 0.29) is 11.7 Å². The van der Waals surface area contributed by atoms with Crippen molar-refractivity contribution in [1.82, 2.24) is 14.8 Å². The Morgan fingerprint density at radius 3 is 2.89 bits per heavy atom. The third kappa shape index (κ3) is 2.67. The summed E-state index contributed by atoms with van der Waals surface area (Å²) < 4.78 is 7.22. The number of Topliss-reactive ketones (excluding diaryl/α,β-unsaturated/α-hetero) is 1. The normalized spacial score (nSPS) is 21.6.